The van der Waals surface area contributed by atoms with Gasteiger partial charge < -0.3 is 9.84 Å². The molecule has 0 unspecified atom stereocenters. The minimum absolute atomic E-state index is 0. The fourth-order valence-corrected chi connectivity index (χ4v) is 1.31. The van der Waals surface area contributed by atoms with Gasteiger partial charge in [-0.1, -0.05) is 42.0 Å². The molecule has 1 rings (SSSR count). The van der Waals surface area contributed by atoms with E-state index < -0.39 is 11.7 Å². The molecule has 0 radical (unpaired) electrons. The predicted molar refractivity (Wildman–Crippen MR) is 69.4 cm³/mol. The number of benzene rings is 1. The normalized spacial score (nSPS) is 11.0. The number of hydrogen-bond donors (Lipinski definition) is 0. The Morgan fingerprint density at radius 3 is 2.40 bits per heavy atom. The van der Waals surface area contributed by atoms with Crippen LogP contribution < -0.4 is 34.7 Å². The van der Waals surface area contributed by atoms with E-state index in [4.69, 9.17) is 0 Å². The average Bonchev–Trinajstić information content (AvgIpc) is 2.39. The summed E-state index contributed by atoms with van der Waals surface area (Å²) in [6, 6.07) is 7.06. The smallest absolute Gasteiger partial charge is 0.868 e. The molecule has 0 fully saturated rings. The Morgan fingerprint density at radius 2 is 1.85 bits per heavy atom. The van der Waals surface area contributed by atoms with Crippen molar-refractivity contribution >= 4 is 11.8 Å². The summed E-state index contributed by atoms with van der Waals surface area (Å²) in [7, 11) is 0. The van der Waals surface area contributed by atoms with Crippen LogP contribution in [0.1, 0.15) is 22.8 Å². The number of carbonyl (C=O) groups excluding carboxylic acids is 2. The van der Waals surface area contributed by atoms with E-state index in [0.29, 0.717) is 5.56 Å². The van der Waals surface area contributed by atoms with E-state index in [1.54, 1.807) is 19.1 Å². The molecule has 0 aliphatic carbocycles. The molecule has 0 heterocycles. The molecule has 0 bridgehead atoms. The van der Waals surface area contributed by atoms with E-state index in [0.717, 1.165) is 11.6 Å². The first-order valence-corrected chi connectivity index (χ1v) is 5.88. The summed E-state index contributed by atoms with van der Waals surface area (Å²) in [6.45, 7) is 3.68. The van der Waals surface area contributed by atoms with E-state index in [2.05, 4.69) is 4.74 Å². The van der Waals surface area contributed by atoms with Crippen LogP contribution in [0.15, 0.2) is 48.3 Å². The van der Waals surface area contributed by atoms with Gasteiger partial charge in [-0.15, -0.1) is 0 Å². The van der Waals surface area contributed by atoms with Gasteiger partial charge in [0.2, 0.25) is 0 Å². The van der Waals surface area contributed by atoms with Crippen LogP contribution in [0.4, 0.5) is 0 Å². The fourth-order valence-electron chi connectivity index (χ4n) is 1.31. The molecule has 100 valence electrons. The third-order valence-corrected chi connectivity index (χ3v) is 2.31. The van der Waals surface area contributed by atoms with E-state index in [-0.39, 0.29) is 41.9 Å². The fraction of sp³-hybridized carbons (Fsp3) is 0.200. The van der Waals surface area contributed by atoms with Crippen LogP contribution in [0.25, 0.3) is 0 Å². The van der Waals surface area contributed by atoms with E-state index >= 15 is 0 Å². The van der Waals surface area contributed by atoms with E-state index in [9.17, 15) is 14.7 Å². The number of esters is 1. The second kappa shape index (κ2) is 9.53. The Balaban J connectivity index is 0.00000361. The van der Waals surface area contributed by atoms with Gasteiger partial charge in [-0.2, -0.15) is 0 Å². The first kappa shape index (κ1) is 18.6. The SMILES string of the molecule is CCOC(=O)/C([O-])=C/C=C/C(=O)c1ccc(C)cc1.[Na+]. The van der Waals surface area contributed by atoms with Crippen LogP contribution >= 0.6 is 0 Å². The van der Waals surface area contributed by atoms with Gasteiger partial charge in [0.25, 0.3) is 0 Å². The maximum absolute atomic E-state index is 11.7. The maximum Gasteiger partial charge on any atom is 1.00 e. The molecule has 5 heteroatoms. The summed E-state index contributed by atoms with van der Waals surface area (Å²) in [5.41, 5.74) is 1.59. The van der Waals surface area contributed by atoms with Crippen molar-refractivity contribution in [1.29, 1.82) is 0 Å². The van der Waals surface area contributed by atoms with E-state index in [1.165, 1.54) is 12.2 Å². The molecule has 0 aliphatic heterocycles. The quantitative estimate of drug-likeness (QED) is 0.165. The van der Waals surface area contributed by atoms with Gasteiger partial charge in [0.05, 0.1) is 6.61 Å². The third kappa shape index (κ3) is 6.19. The zero-order valence-electron chi connectivity index (χ0n) is 11.9. The van der Waals surface area contributed by atoms with Crippen LogP contribution in [0.5, 0.6) is 0 Å². The third-order valence-electron chi connectivity index (χ3n) is 2.31. The predicted octanol–water partition coefficient (Wildman–Crippen LogP) is -1.45. The van der Waals surface area contributed by atoms with Crippen molar-refractivity contribution < 1.29 is 49.0 Å². The standard InChI is InChI=1S/C15H16O4.Na/c1-3-19-15(18)14(17)6-4-5-13(16)12-9-7-11(2)8-10-12;/h4-10,17H,3H2,1-2H3;/q;+1/p-1/b5-4+,14-6-;. The van der Waals surface area contributed by atoms with Crippen molar-refractivity contribution in [3.63, 3.8) is 0 Å². The Labute approximate surface area is 140 Å². The van der Waals surface area contributed by atoms with Crippen LogP contribution in [-0.4, -0.2) is 18.4 Å². The van der Waals surface area contributed by atoms with Gasteiger partial charge in [0.15, 0.2) is 5.78 Å². The first-order valence-electron chi connectivity index (χ1n) is 5.88. The number of ether oxygens (including phenoxy) is 1. The molecule has 20 heavy (non-hydrogen) atoms. The maximum atomic E-state index is 11.7. The number of rotatable bonds is 5. The largest absolute Gasteiger partial charge is 1.00 e. The minimum Gasteiger partial charge on any atom is -0.868 e. The number of aryl methyl sites for hydroxylation is 1. The van der Waals surface area contributed by atoms with Crippen molar-refractivity contribution in [3.05, 3.63) is 59.4 Å². The molecule has 0 amide bonds. The first-order chi connectivity index (χ1) is 9.04. The Hall–Kier alpha value is -1.36. The van der Waals surface area contributed by atoms with Crippen molar-refractivity contribution in [1.82, 2.24) is 0 Å². The van der Waals surface area contributed by atoms with Crippen molar-refractivity contribution in [2.45, 2.75) is 13.8 Å². The average molecular weight is 282 g/mol. The zero-order chi connectivity index (χ0) is 14.3. The number of allylic oxidation sites excluding steroid dienone is 3. The molecule has 0 saturated carbocycles. The van der Waals surface area contributed by atoms with Gasteiger partial charge in [-0.25, -0.2) is 4.79 Å². The summed E-state index contributed by atoms with van der Waals surface area (Å²) < 4.78 is 4.52. The Bertz CT molecular complexity index is 515. The molecule has 0 spiro atoms. The summed E-state index contributed by atoms with van der Waals surface area (Å²) in [5, 5.41) is 11.2. The van der Waals surface area contributed by atoms with Crippen LogP contribution in [0.2, 0.25) is 0 Å². The van der Waals surface area contributed by atoms with Gasteiger partial charge >= 0.3 is 35.5 Å². The molecule has 0 aliphatic rings. The molecular weight excluding hydrogens is 267 g/mol. The molecule has 0 aromatic heterocycles. The molecule has 0 atom stereocenters. The van der Waals surface area contributed by atoms with Gasteiger partial charge in [-0.3, -0.25) is 4.79 Å². The molecule has 1 aromatic carbocycles. The summed E-state index contributed by atoms with van der Waals surface area (Å²) in [5.74, 6) is -1.93. The monoisotopic (exact) mass is 282 g/mol. The van der Waals surface area contributed by atoms with Crippen LogP contribution in [-0.2, 0) is 9.53 Å². The molecular formula is C15H15NaO4. The second-order valence-electron chi connectivity index (χ2n) is 3.84. The van der Waals surface area contributed by atoms with Gasteiger partial charge in [-0.05, 0) is 25.7 Å². The number of ketones is 1. The molecule has 4 nitrogen and oxygen atoms in total. The Morgan fingerprint density at radius 1 is 1.25 bits per heavy atom. The van der Waals surface area contributed by atoms with E-state index in [1.807, 2.05) is 19.1 Å². The molecule has 0 N–H and O–H groups in total. The van der Waals surface area contributed by atoms with Gasteiger partial charge in [0.1, 0.15) is 0 Å². The Kier molecular flexibility index (Phi) is 8.88. The van der Waals surface area contributed by atoms with Crippen molar-refractivity contribution in [3.8, 4) is 0 Å². The minimum atomic E-state index is -0.921. The second-order valence-corrected chi connectivity index (χ2v) is 3.84. The molecule has 0 saturated heterocycles. The zero-order valence-corrected chi connectivity index (χ0v) is 13.9. The van der Waals surface area contributed by atoms with Crippen LogP contribution in [0, 0.1) is 6.92 Å². The van der Waals surface area contributed by atoms with Crippen LogP contribution in [0.3, 0.4) is 0 Å². The number of carbonyl (C=O) groups is 2. The van der Waals surface area contributed by atoms with Crippen molar-refractivity contribution in [2.24, 2.45) is 0 Å². The molecule has 1 aromatic rings. The summed E-state index contributed by atoms with van der Waals surface area (Å²) in [4.78, 5) is 22.7. The summed E-state index contributed by atoms with van der Waals surface area (Å²) >= 11 is 0. The summed E-state index contributed by atoms with van der Waals surface area (Å²) in [6.07, 6.45) is 3.51. The van der Waals surface area contributed by atoms with Crippen molar-refractivity contribution in [2.75, 3.05) is 6.61 Å². The van der Waals surface area contributed by atoms with Gasteiger partial charge in [0, 0.05) is 5.56 Å². The number of hydrogen-bond acceptors (Lipinski definition) is 4. The topological polar surface area (TPSA) is 66.4 Å².